The van der Waals surface area contributed by atoms with Crippen molar-refractivity contribution in [1.29, 1.82) is 0 Å². The monoisotopic (exact) mass is 285 g/mol. The topological polar surface area (TPSA) is 21.3 Å². The highest BCUT2D eigenvalue weighted by molar-refractivity contribution is 5.43. The number of hydrogen-bond acceptors (Lipinski definition) is 2. The van der Waals surface area contributed by atoms with E-state index in [4.69, 9.17) is 4.74 Å². The van der Waals surface area contributed by atoms with Crippen LogP contribution < -0.4 is 10.1 Å². The van der Waals surface area contributed by atoms with Gasteiger partial charge in [0.15, 0.2) is 0 Å². The van der Waals surface area contributed by atoms with Crippen molar-refractivity contribution in [2.75, 3.05) is 13.1 Å². The summed E-state index contributed by atoms with van der Waals surface area (Å²) < 4.78 is 44.2. The van der Waals surface area contributed by atoms with Gasteiger partial charge < -0.3 is 10.1 Å². The van der Waals surface area contributed by atoms with Crippen molar-refractivity contribution < 1.29 is 17.9 Å². The summed E-state index contributed by atoms with van der Waals surface area (Å²) >= 11 is 0. The molecule has 1 atom stereocenters. The molecule has 2 aliphatic rings. The molecule has 110 valence electrons. The van der Waals surface area contributed by atoms with Crippen LogP contribution in [0.25, 0.3) is 0 Å². The summed E-state index contributed by atoms with van der Waals surface area (Å²) in [6, 6.07) is 3.85. The standard InChI is InChI=1S/C15H18F3NO/c1-14(11-4-6-19-7-5-11)9-10-2-3-12(15(16,17)18)8-13(10)20-14/h2-3,8,11,19H,4-7,9H2,1H3. The number of hydrogen-bond donors (Lipinski definition) is 1. The summed E-state index contributed by atoms with van der Waals surface area (Å²) in [7, 11) is 0. The number of ether oxygens (including phenoxy) is 1. The normalized spacial score (nSPS) is 27.2. The predicted molar refractivity (Wildman–Crippen MR) is 69.8 cm³/mol. The maximum atomic E-state index is 12.7. The van der Waals surface area contributed by atoms with Gasteiger partial charge in [-0.25, -0.2) is 0 Å². The van der Waals surface area contributed by atoms with Gasteiger partial charge in [0.1, 0.15) is 11.4 Å². The molecule has 0 aromatic heterocycles. The molecule has 2 heterocycles. The van der Waals surface area contributed by atoms with E-state index < -0.39 is 11.7 Å². The summed E-state index contributed by atoms with van der Waals surface area (Å²) in [5.74, 6) is 0.798. The SMILES string of the molecule is CC1(C2CCNCC2)Cc2ccc(C(F)(F)F)cc2O1. The Hall–Kier alpha value is -1.23. The zero-order valence-electron chi connectivity index (χ0n) is 11.4. The van der Waals surface area contributed by atoms with Gasteiger partial charge >= 0.3 is 6.18 Å². The predicted octanol–water partition coefficient (Wildman–Crippen LogP) is 3.40. The first-order valence-electron chi connectivity index (χ1n) is 6.98. The fourth-order valence-electron chi connectivity index (χ4n) is 3.30. The molecule has 5 heteroatoms. The molecule has 0 saturated carbocycles. The minimum Gasteiger partial charge on any atom is -0.487 e. The molecule has 0 radical (unpaired) electrons. The number of alkyl halides is 3. The van der Waals surface area contributed by atoms with E-state index in [-0.39, 0.29) is 5.60 Å². The summed E-state index contributed by atoms with van der Waals surface area (Å²) in [6.07, 6.45) is -1.59. The van der Waals surface area contributed by atoms with Crippen LogP contribution in [0.4, 0.5) is 13.2 Å². The van der Waals surface area contributed by atoms with Gasteiger partial charge in [0.2, 0.25) is 0 Å². The lowest BCUT2D eigenvalue weighted by Gasteiger charge is -2.36. The summed E-state index contributed by atoms with van der Waals surface area (Å²) in [5, 5.41) is 3.30. The largest absolute Gasteiger partial charge is 0.487 e. The van der Waals surface area contributed by atoms with Crippen molar-refractivity contribution in [3.8, 4) is 5.75 Å². The van der Waals surface area contributed by atoms with Crippen LogP contribution in [0.15, 0.2) is 18.2 Å². The minimum absolute atomic E-state index is 0.366. The highest BCUT2D eigenvalue weighted by atomic mass is 19.4. The number of nitrogens with one attached hydrogen (secondary N) is 1. The molecule has 1 unspecified atom stereocenters. The first kappa shape index (κ1) is 13.7. The lowest BCUT2D eigenvalue weighted by molar-refractivity contribution is -0.137. The van der Waals surface area contributed by atoms with Crippen molar-refractivity contribution in [2.45, 2.75) is 38.0 Å². The maximum absolute atomic E-state index is 12.7. The highest BCUT2D eigenvalue weighted by Gasteiger charge is 2.43. The lowest BCUT2D eigenvalue weighted by Crippen LogP contribution is -2.44. The molecule has 1 aromatic carbocycles. The Morgan fingerprint density at radius 3 is 2.60 bits per heavy atom. The van der Waals surface area contributed by atoms with Crippen molar-refractivity contribution in [3.63, 3.8) is 0 Å². The van der Waals surface area contributed by atoms with E-state index in [1.165, 1.54) is 0 Å². The summed E-state index contributed by atoms with van der Waals surface area (Å²) in [6.45, 7) is 3.93. The molecule has 2 aliphatic heterocycles. The third-order valence-electron chi connectivity index (χ3n) is 4.48. The van der Waals surface area contributed by atoms with Crippen LogP contribution in [0.1, 0.15) is 30.9 Å². The van der Waals surface area contributed by atoms with E-state index in [0.29, 0.717) is 18.1 Å². The molecule has 2 nitrogen and oxygen atoms in total. The Kier molecular flexibility index (Phi) is 3.20. The number of piperidine rings is 1. The van der Waals surface area contributed by atoms with E-state index in [1.54, 1.807) is 6.07 Å². The Bertz CT molecular complexity index is 508. The number of fused-ring (bicyclic) bond motifs is 1. The van der Waals surface area contributed by atoms with E-state index in [9.17, 15) is 13.2 Å². The summed E-state index contributed by atoms with van der Waals surface area (Å²) in [4.78, 5) is 0. The molecule has 1 fully saturated rings. The smallest absolute Gasteiger partial charge is 0.416 e. The second kappa shape index (κ2) is 4.65. The van der Waals surface area contributed by atoms with Crippen LogP contribution in [-0.4, -0.2) is 18.7 Å². The van der Waals surface area contributed by atoms with Crippen LogP contribution in [0.5, 0.6) is 5.75 Å². The Morgan fingerprint density at radius 2 is 1.95 bits per heavy atom. The maximum Gasteiger partial charge on any atom is 0.416 e. The van der Waals surface area contributed by atoms with Gasteiger partial charge in [0, 0.05) is 12.3 Å². The quantitative estimate of drug-likeness (QED) is 0.854. The molecule has 0 amide bonds. The lowest BCUT2D eigenvalue weighted by atomic mass is 9.79. The molecular weight excluding hydrogens is 267 g/mol. The van der Waals surface area contributed by atoms with Gasteiger partial charge in [0.25, 0.3) is 0 Å². The van der Waals surface area contributed by atoms with Gasteiger partial charge in [-0.3, -0.25) is 0 Å². The number of rotatable bonds is 1. The molecule has 1 N–H and O–H groups in total. The molecule has 20 heavy (non-hydrogen) atoms. The Labute approximate surface area is 116 Å². The van der Waals surface area contributed by atoms with E-state index in [1.807, 2.05) is 6.92 Å². The van der Waals surface area contributed by atoms with Gasteiger partial charge in [-0.05, 0) is 50.6 Å². The molecule has 0 aliphatic carbocycles. The molecule has 0 spiro atoms. The van der Waals surface area contributed by atoms with Crippen molar-refractivity contribution in [1.82, 2.24) is 5.32 Å². The summed E-state index contributed by atoms with van der Waals surface area (Å²) in [5.41, 5.74) is -0.112. The number of benzene rings is 1. The fourth-order valence-corrected chi connectivity index (χ4v) is 3.30. The second-order valence-electron chi connectivity index (χ2n) is 5.94. The molecule has 1 saturated heterocycles. The molecule has 0 bridgehead atoms. The van der Waals surface area contributed by atoms with E-state index >= 15 is 0 Å². The van der Waals surface area contributed by atoms with Crippen LogP contribution in [0.2, 0.25) is 0 Å². The zero-order valence-corrected chi connectivity index (χ0v) is 11.4. The number of halogens is 3. The van der Waals surface area contributed by atoms with Gasteiger partial charge in [-0.2, -0.15) is 13.2 Å². The second-order valence-corrected chi connectivity index (χ2v) is 5.94. The third kappa shape index (κ3) is 2.39. The third-order valence-corrected chi connectivity index (χ3v) is 4.48. The van der Waals surface area contributed by atoms with Crippen LogP contribution in [-0.2, 0) is 12.6 Å². The van der Waals surface area contributed by atoms with Crippen molar-refractivity contribution in [3.05, 3.63) is 29.3 Å². The highest BCUT2D eigenvalue weighted by Crippen LogP contribution is 2.44. The minimum atomic E-state index is -4.31. The van der Waals surface area contributed by atoms with Crippen LogP contribution in [0.3, 0.4) is 0 Å². The average Bonchev–Trinajstić information content (AvgIpc) is 2.75. The van der Waals surface area contributed by atoms with Crippen molar-refractivity contribution in [2.24, 2.45) is 5.92 Å². The molecule has 3 rings (SSSR count). The van der Waals surface area contributed by atoms with Gasteiger partial charge in [-0.1, -0.05) is 6.07 Å². The van der Waals surface area contributed by atoms with Gasteiger partial charge in [0.05, 0.1) is 5.56 Å². The molecule has 1 aromatic rings. The first-order valence-corrected chi connectivity index (χ1v) is 6.98. The first-order chi connectivity index (χ1) is 9.38. The Morgan fingerprint density at radius 1 is 1.25 bits per heavy atom. The average molecular weight is 285 g/mol. The molecular formula is C15H18F3NO. The Balaban J connectivity index is 1.84. The van der Waals surface area contributed by atoms with E-state index in [0.717, 1.165) is 43.6 Å². The van der Waals surface area contributed by atoms with Crippen LogP contribution in [0, 0.1) is 5.92 Å². The van der Waals surface area contributed by atoms with E-state index in [2.05, 4.69) is 5.32 Å². The van der Waals surface area contributed by atoms with Crippen molar-refractivity contribution >= 4 is 0 Å². The van der Waals surface area contributed by atoms with Crippen LogP contribution >= 0.6 is 0 Å². The van der Waals surface area contributed by atoms with Gasteiger partial charge in [-0.15, -0.1) is 0 Å². The fraction of sp³-hybridized carbons (Fsp3) is 0.600. The zero-order chi connectivity index (χ0) is 14.4.